The van der Waals surface area contributed by atoms with Gasteiger partial charge in [0, 0.05) is 11.5 Å². The van der Waals surface area contributed by atoms with E-state index in [4.69, 9.17) is 9.47 Å². The number of fused-ring (bicyclic) bond motifs is 3. The second kappa shape index (κ2) is 9.11. The zero-order chi connectivity index (χ0) is 22.7. The molecule has 3 aromatic rings. The Kier molecular flexibility index (Phi) is 6.09. The Bertz CT molecular complexity index is 1100. The molecule has 0 aliphatic heterocycles. The molecule has 7 heteroatoms. The molecular formula is C25H23NO6. The molecule has 7 nitrogen and oxygen atoms in total. The van der Waals surface area contributed by atoms with Crippen molar-refractivity contribution in [3.05, 3.63) is 89.5 Å². The molecule has 1 aliphatic carbocycles. The minimum atomic E-state index is -1.88. The fourth-order valence-corrected chi connectivity index (χ4v) is 4.16. The van der Waals surface area contributed by atoms with Gasteiger partial charge in [-0.3, -0.25) is 0 Å². The van der Waals surface area contributed by atoms with Gasteiger partial charge in [0.05, 0.1) is 13.2 Å². The van der Waals surface area contributed by atoms with Crippen molar-refractivity contribution in [3.8, 4) is 16.9 Å². The first-order valence-corrected chi connectivity index (χ1v) is 10.2. The lowest BCUT2D eigenvalue weighted by Crippen LogP contribution is -2.41. The summed E-state index contributed by atoms with van der Waals surface area (Å²) in [6, 6.07) is 21.2. The highest BCUT2D eigenvalue weighted by atomic mass is 16.5. The lowest BCUT2D eigenvalue weighted by atomic mass is 9.98. The third kappa shape index (κ3) is 4.02. The Labute approximate surface area is 185 Å². The van der Waals surface area contributed by atoms with Gasteiger partial charge in [0.25, 0.3) is 0 Å². The van der Waals surface area contributed by atoms with E-state index in [1.54, 1.807) is 24.3 Å². The number of alkyl carbamates (subject to hydrolysis) is 1. The summed E-state index contributed by atoms with van der Waals surface area (Å²) in [5.74, 6) is -1.26. The number of aliphatic hydroxyl groups excluding tert-OH is 1. The zero-order valence-electron chi connectivity index (χ0n) is 17.4. The second-order valence-corrected chi connectivity index (χ2v) is 7.47. The van der Waals surface area contributed by atoms with Crippen LogP contribution in [-0.4, -0.2) is 42.1 Å². The van der Waals surface area contributed by atoms with E-state index in [0.717, 1.165) is 22.3 Å². The molecule has 0 aromatic heterocycles. The average Bonchev–Trinajstić information content (AvgIpc) is 3.14. The zero-order valence-corrected chi connectivity index (χ0v) is 17.4. The van der Waals surface area contributed by atoms with Crippen LogP contribution in [0.4, 0.5) is 4.79 Å². The molecule has 0 fully saturated rings. The van der Waals surface area contributed by atoms with Crippen LogP contribution >= 0.6 is 0 Å². The lowest BCUT2D eigenvalue weighted by molar-refractivity contribution is -0.148. The monoisotopic (exact) mass is 433 g/mol. The molecule has 0 heterocycles. The minimum absolute atomic E-state index is 0.0711. The molecule has 3 aromatic carbocycles. The number of aliphatic hydroxyl groups is 1. The number of carboxylic acid groups (broad SMARTS) is 1. The first kappa shape index (κ1) is 21.4. The van der Waals surface area contributed by atoms with Crippen molar-refractivity contribution in [2.45, 2.75) is 18.1 Å². The second-order valence-electron chi connectivity index (χ2n) is 7.47. The smallest absolute Gasteiger partial charge is 0.407 e. The summed E-state index contributed by atoms with van der Waals surface area (Å²) in [7, 11) is 1.43. The molecule has 3 N–H and O–H groups in total. The summed E-state index contributed by atoms with van der Waals surface area (Å²) in [6.07, 6.45) is -2.71. The topological polar surface area (TPSA) is 105 Å². The highest BCUT2D eigenvalue weighted by Crippen LogP contribution is 2.44. The van der Waals surface area contributed by atoms with Crippen LogP contribution < -0.4 is 10.1 Å². The standard InChI is InChI=1S/C25H23NO6/c1-31-21-13-7-6-12-19(21)22(23(27)24(28)29)26-25(30)32-14-20-17-10-4-2-8-15(17)16-9-3-5-11-18(16)20/h2-13,20,22-23,27H,14H2,1H3,(H,26,30)(H,28,29)/t22-,23-/m1/s1. The number of para-hydroxylation sites is 1. The number of hydrogen-bond acceptors (Lipinski definition) is 5. The summed E-state index contributed by atoms with van der Waals surface area (Å²) in [4.78, 5) is 24.1. The van der Waals surface area contributed by atoms with Crippen LogP contribution in [0.2, 0.25) is 0 Å². The van der Waals surface area contributed by atoms with E-state index in [1.807, 2.05) is 48.5 Å². The first-order valence-electron chi connectivity index (χ1n) is 10.2. The van der Waals surface area contributed by atoms with Gasteiger partial charge in [0.1, 0.15) is 12.4 Å². The fourth-order valence-electron chi connectivity index (χ4n) is 4.16. The Hall–Kier alpha value is -3.84. The normalized spacial score (nSPS) is 14.1. The molecule has 0 saturated carbocycles. The van der Waals surface area contributed by atoms with Gasteiger partial charge >= 0.3 is 12.1 Å². The number of benzene rings is 3. The van der Waals surface area contributed by atoms with Gasteiger partial charge in [-0.2, -0.15) is 0 Å². The van der Waals surface area contributed by atoms with Crippen LogP contribution in [0.1, 0.15) is 28.7 Å². The van der Waals surface area contributed by atoms with Crippen molar-refractivity contribution >= 4 is 12.1 Å². The lowest BCUT2D eigenvalue weighted by Gasteiger charge is -2.24. The molecule has 32 heavy (non-hydrogen) atoms. The molecule has 1 amide bonds. The first-order chi connectivity index (χ1) is 15.5. The summed E-state index contributed by atoms with van der Waals surface area (Å²) < 4.78 is 10.8. The largest absolute Gasteiger partial charge is 0.496 e. The van der Waals surface area contributed by atoms with E-state index < -0.39 is 24.2 Å². The molecule has 0 bridgehead atoms. The van der Waals surface area contributed by atoms with Crippen LogP contribution in [0.15, 0.2) is 72.8 Å². The molecule has 2 atom stereocenters. The van der Waals surface area contributed by atoms with E-state index in [1.165, 1.54) is 7.11 Å². The van der Waals surface area contributed by atoms with Gasteiger partial charge in [0.2, 0.25) is 0 Å². The van der Waals surface area contributed by atoms with Crippen molar-refractivity contribution in [1.29, 1.82) is 0 Å². The minimum Gasteiger partial charge on any atom is -0.496 e. The number of aliphatic carboxylic acids is 1. The van der Waals surface area contributed by atoms with Gasteiger partial charge < -0.3 is 25.0 Å². The molecule has 0 saturated heterocycles. The van der Waals surface area contributed by atoms with E-state index in [9.17, 15) is 19.8 Å². The molecule has 4 rings (SSSR count). The number of amides is 1. The summed E-state index contributed by atoms with van der Waals surface area (Å²) in [5.41, 5.74) is 4.66. The van der Waals surface area contributed by atoms with E-state index in [2.05, 4.69) is 5.32 Å². The Morgan fingerprint density at radius 1 is 0.938 bits per heavy atom. The highest BCUT2D eigenvalue weighted by Gasteiger charge is 2.33. The van der Waals surface area contributed by atoms with E-state index in [-0.39, 0.29) is 12.5 Å². The van der Waals surface area contributed by atoms with Crippen LogP contribution in [0, 0.1) is 0 Å². The van der Waals surface area contributed by atoms with E-state index in [0.29, 0.717) is 11.3 Å². The number of ether oxygens (including phenoxy) is 2. The van der Waals surface area contributed by atoms with Gasteiger partial charge in [0.15, 0.2) is 6.10 Å². The van der Waals surface area contributed by atoms with Gasteiger partial charge in [-0.05, 0) is 28.3 Å². The Morgan fingerprint density at radius 3 is 2.09 bits per heavy atom. The maximum atomic E-state index is 12.7. The Balaban J connectivity index is 1.53. The summed E-state index contributed by atoms with van der Waals surface area (Å²) >= 11 is 0. The van der Waals surface area contributed by atoms with Gasteiger partial charge in [-0.25, -0.2) is 9.59 Å². The van der Waals surface area contributed by atoms with Crippen molar-refractivity contribution in [2.75, 3.05) is 13.7 Å². The quantitative estimate of drug-likeness (QED) is 0.525. The van der Waals surface area contributed by atoms with E-state index >= 15 is 0 Å². The maximum Gasteiger partial charge on any atom is 0.407 e. The van der Waals surface area contributed by atoms with Crippen molar-refractivity contribution in [2.24, 2.45) is 0 Å². The molecule has 0 spiro atoms. The molecule has 0 radical (unpaired) electrons. The highest BCUT2D eigenvalue weighted by molar-refractivity contribution is 5.79. The van der Waals surface area contributed by atoms with Crippen LogP contribution in [-0.2, 0) is 9.53 Å². The molecule has 164 valence electrons. The van der Waals surface area contributed by atoms with Gasteiger partial charge in [-0.1, -0.05) is 66.7 Å². The number of hydrogen-bond donors (Lipinski definition) is 3. The number of methoxy groups -OCH3 is 1. The number of carbonyl (C=O) groups excluding carboxylic acids is 1. The summed E-state index contributed by atoms with van der Waals surface area (Å²) in [6.45, 7) is 0.0711. The van der Waals surface area contributed by atoms with Crippen molar-refractivity contribution in [3.63, 3.8) is 0 Å². The molecule has 1 aliphatic rings. The van der Waals surface area contributed by atoms with Crippen LogP contribution in [0.5, 0.6) is 5.75 Å². The number of nitrogens with one attached hydrogen (secondary N) is 1. The third-order valence-corrected chi connectivity index (χ3v) is 5.66. The number of carbonyl (C=O) groups is 2. The predicted molar refractivity (Wildman–Crippen MR) is 118 cm³/mol. The third-order valence-electron chi connectivity index (χ3n) is 5.66. The maximum absolute atomic E-state index is 12.7. The number of rotatable bonds is 7. The Morgan fingerprint density at radius 2 is 1.50 bits per heavy atom. The average molecular weight is 433 g/mol. The van der Waals surface area contributed by atoms with Crippen molar-refractivity contribution < 1.29 is 29.3 Å². The predicted octanol–water partition coefficient (Wildman–Crippen LogP) is 3.72. The fraction of sp³-hybridized carbons (Fsp3) is 0.200. The number of carboxylic acids is 1. The molecular weight excluding hydrogens is 410 g/mol. The van der Waals surface area contributed by atoms with Crippen molar-refractivity contribution in [1.82, 2.24) is 5.32 Å². The van der Waals surface area contributed by atoms with Gasteiger partial charge in [-0.15, -0.1) is 0 Å². The van der Waals surface area contributed by atoms with Crippen LogP contribution in [0.25, 0.3) is 11.1 Å². The summed E-state index contributed by atoms with van der Waals surface area (Å²) in [5, 5.41) is 22.0. The SMILES string of the molecule is COc1ccccc1[C@@H](NC(=O)OCC1c2ccccc2-c2ccccc21)[C@@H](O)C(=O)O. The van der Waals surface area contributed by atoms with Crippen LogP contribution in [0.3, 0.4) is 0 Å². The molecule has 0 unspecified atom stereocenters.